The van der Waals surface area contributed by atoms with E-state index in [1.165, 1.54) is 19.2 Å². The van der Waals surface area contributed by atoms with Gasteiger partial charge in [-0.15, -0.1) is 0 Å². The highest BCUT2D eigenvalue weighted by Gasteiger charge is 2.16. The van der Waals surface area contributed by atoms with Gasteiger partial charge in [0.1, 0.15) is 17.3 Å². The van der Waals surface area contributed by atoms with Crippen LogP contribution in [0.1, 0.15) is 25.1 Å². The summed E-state index contributed by atoms with van der Waals surface area (Å²) in [6, 6.07) is 7.83. The van der Waals surface area contributed by atoms with Gasteiger partial charge in [0.25, 0.3) is 5.69 Å². The molecule has 1 aromatic heterocycles. The lowest BCUT2D eigenvalue weighted by molar-refractivity contribution is -0.384. The predicted molar refractivity (Wildman–Crippen MR) is 74.6 cm³/mol. The van der Waals surface area contributed by atoms with E-state index >= 15 is 0 Å². The van der Waals surface area contributed by atoms with Gasteiger partial charge in [0.15, 0.2) is 0 Å². The topological polar surface area (TPSA) is 91.5 Å². The first-order valence-corrected chi connectivity index (χ1v) is 6.25. The Hall–Kier alpha value is -2.34. The van der Waals surface area contributed by atoms with Gasteiger partial charge in [0.2, 0.25) is 0 Å². The van der Waals surface area contributed by atoms with E-state index in [1.807, 2.05) is 13.0 Å². The van der Waals surface area contributed by atoms with E-state index < -0.39 is 4.92 Å². The zero-order valence-corrected chi connectivity index (χ0v) is 11.3. The van der Waals surface area contributed by atoms with E-state index in [9.17, 15) is 10.1 Å². The number of hydrogen-bond donors (Lipinski definition) is 1. The fourth-order valence-electron chi connectivity index (χ4n) is 1.90. The number of hydrogen-bond acceptors (Lipinski definition) is 5. The first-order valence-electron chi connectivity index (χ1n) is 6.25. The van der Waals surface area contributed by atoms with Crippen LogP contribution in [0.4, 0.5) is 5.69 Å². The molecule has 6 heteroatoms. The molecule has 1 heterocycles. The molecule has 0 radical (unpaired) electrons. The number of nitrogens with two attached hydrogens (primary N) is 1. The lowest BCUT2D eigenvalue weighted by atomic mass is 10.1. The van der Waals surface area contributed by atoms with Gasteiger partial charge in [-0.2, -0.15) is 0 Å². The maximum atomic E-state index is 10.8. The normalized spacial score (nSPS) is 12.2. The number of non-ortho nitro benzene ring substituents is 1. The van der Waals surface area contributed by atoms with Gasteiger partial charge in [-0.05, 0) is 24.6 Å². The van der Waals surface area contributed by atoms with Crippen LogP contribution in [0.2, 0.25) is 0 Å². The first kappa shape index (κ1) is 14.1. The molecule has 0 aliphatic heterocycles. The standard InChI is InChI=1S/C14H16N2O4/c1-3-11(15)13-7-6-12(20-13)10-5-4-9(16(17)18)8-14(10)19-2/h4-8,11H,3,15H2,1-2H3. The van der Waals surface area contributed by atoms with Crippen LogP contribution in [0, 0.1) is 10.1 Å². The lowest BCUT2D eigenvalue weighted by Gasteiger charge is -2.07. The molecule has 20 heavy (non-hydrogen) atoms. The zero-order chi connectivity index (χ0) is 14.7. The Bertz CT molecular complexity index is 621. The number of rotatable bonds is 5. The van der Waals surface area contributed by atoms with Gasteiger partial charge >= 0.3 is 0 Å². The summed E-state index contributed by atoms with van der Waals surface area (Å²) in [6.45, 7) is 1.97. The van der Waals surface area contributed by atoms with Crippen molar-refractivity contribution >= 4 is 5.69 Å². The molecule has 1 aromatic carbocycles. The van der Waals surface area contributed by atoms with Crippen LogP contribution in [0.3, 0.4) is 0 Å². The van der Waals surface area contributed by atoms with Gasteiger partial charge in [-0.1, -0.05) is 6.92 Å². The summed E-state index contributed by atoms with van der Waals surface area (Å²) in [7, 11) is 1.46. The quantitative estimate of drug-likeness (QED) is 0.668. The summed E-state index contributed by atoms with van der Waals surface area (Å²) >= 11 is 0. The second-order valence-electron chi connectivity index (χ2n) is 4.36. The van der Waals surface area contributed by atoms with E-state index in [0.717, 1.165) is 6.42 Å². The van der Waals surface area contributed by atoms with E-state index in [-0.39, 0.29) is 11.7 Å². The Labute approximate surface area is 116 Å². The molecule has 2 aromatic rings. The third-order valence-electron chi connectivity index (χ3n) is 3.09. The number of furan rings is 1. The van der Waals surface area contributed by atoms with Gasteiger partial charge in [0.05, 0.1) is 29.7 Å². The van der Waals surface area contributed by atoms with E-state index in [0.29, 0.717) is 22.8 Å². The van der Waals surface area contributed by atoms with Crippen LogP contribution in [0.25, 0.3) is 11.3 Å². The highest BCUT2D eigenvalue weighted by molar-refractivity contribution is 5.68. The van der Waals surface area contributed by atoms with Crippen molar-refractivity contribution in [3.05, 3.63) is 46.2 Å². The lowest BCUT2D eigenvalue weighted by Crippen LogP contribution is -2.06. The van der Waals surface area contributed by atoms with Gasteiger partial charge in [-0.25, -0.2) is 0 Å². The highest BCUT2D eigenvalue weighted by atomic mass is 16.6. The zero-order valence-electron chi connectivity index (χ0n) is 11.3. The minimum atomic E-state index is -0.465. The summed E-state index contributed by atoms with van der Waals surface area (Å²) in [5.41, 5.74) is 6.54. The van der Waals surface area contributed by atoms with Crippen LogP contribution >= 0.6 is 0 Å². The van der Waals surface area contributed by atoms with Crippen molar-refractivity contribution in [1.29, 1.82) is 0 Å². The Morgan fingerprint density at radius 1 is 1.40 bits per heavy atom. The predicted octanol–water partition coefficient (Wildman–Crippen LogP) is 3.27. The average molecular weight is 276 g/mol. The number of nitro groups is 1. The third-order valence-corrected chi connectivity index (χ3v) is 3.09. The molecular formula is C14H16N2O4. The molecule has 1 unspecified atom stereocenters. The van der Waals surface area contributed by atoms with Crippen LogP contribution in [0.5, 0.6) is 5.75 Å². The summed E-state index contributed by atoms with van der Waals surface area (Å²) in [6.07, 6.45) is 0.768. The molecule has 0 bridgehead atoms. The molecule has 0 saturated heterocycles. The molecule has 0 aliphatic carbocycles. The largest absolute Gasteiger partial charge is 0.496 e. The first-order chi connectivity index (χ1) is 9.56. The fraction of sp³-hybridized carbons (Fsp3) is 0.286. The molecule has 0 fully saturated rings. The molecule has 1 atom stereocenters. The minimum absolute atomic E-state index is 0.0253. The summed E-state index contributed by atoms with van der Waals surface area (Å²) in [4.78, 5) is 10.3. The Morgan fingerprint density at radius 3 is 2.75 bits per heavy atom. The van der Waals surface area contributed by atoms with Crippen molar-refractivity contribution in [3.8, 4) is 17.1 Å². The molecule has 2 rings (SSSR count). The maximum absolute atomic E-state index is 10.8. The Morgan fingerprint density at radius 2 is 2.15 bits per heavy atom. The number of methoxy groups -OCH3 is 1. The molecule has 6 nitrogen and oxygen atoms in total. The van der Waals surface area contributed by atoms with Crippen molar-refractivity contribution in [2.45, 2.75) is 19.4 Å². The molecular weight excluding hydrogens is 260 g/mol. The Kier molecular flexibility index (Phi) is 4.05. The maximum Gasteiger partial charge on any atom is 0.273 e. The van der Waals surface area contributed by atoms with Crippen LogP contribution in [0.15, 0.2) is 34.7 Å². The van der Waals surface area contributed by atoms with E-state index in [4.69, 9.17) is 14.9 Å². The van der Waals surface area contributed by atoms with Crippen molar-refractivity contribution in [3.63, 3.8) is 0 Å². The highest BCUT2D eigenvalue weighted by Crippen LogP contribution is 2.35. The molecule has 2 N–H and O–H groups in total. The van der Waals surface area contributed by atoms with Crippen molar-refractivity contribution in [2.24, 2.45) is 5.73 Å². The summed E-state index contributed by atoms with van der Waals surface area (Å²) in [5.74, 6) is 1.66. The molecule has 0 aliphatic rings. The second kappa shape index (κ2) is 5.75. The van der Waals surface area contributed by atoms with Gasteiger partial charge in [-0.3, -0.25) is 10.1 Å². The SMILES string of the molecule is CCC(N)c1ccc(-c2ccc([N+](=O)[O-])cc2OC)o1. The van der Waals surface area contributed by atoms with Gasteiger partial charge in [0, 0.05) is 6.07 Å². The monoisotopic (exact) mass is 276 g/mol. The molecule has 0 saturated carbocycles. The average Bonchev–Trinajstić information content (AvgIpc) is 2.95. The van der Waals surface area contributed by atoms with E-state index in [2.05, 4.69) is 0 Å². The number of nitro benzene ring substituents is 1. The summed E-state index contributed by atoms with van der Waals surface area (Å²) < 4.78 is 10.9. The number of nitrogens with zero attached hydrogens (tertiary/aromatic N) is 1. The Balaban J connectivity index is 2.41. The van der Waals surface area contributed by atoms with Crippen molar-refractivity contribution in [2.75, 3.05) is 7.11 Å². The van der Waals surface area contributed by atoms with Crippen LogP contribution < -0.4 is 10.5 Å². The van der Waals surface area contributed by atoms with Gasteiger partial charge < -0.3 is 14.9 Å². The molecule has 0 amide bonds. The second-order valence-corrected chi connectivity index (χ2v) is 4.36. The number of benzene rings is 1. The minimum Gasteiger partial charge on any atom is -0.496 e. The van der Waals surface area contributed by atoms with E-state index in [1.54, 1.807) is 12.1 Å². The third kappa shape index (κ3) is 2.65. The molecule has 0 spiro atoms. The van der Waals surface area contributed by atoms with Crippen LogP contribution in [-0.2, 0) is 0 Å². The van der Waals surface area contributed by atoms with Crippen molar-refractivity contribution < 1.29 is 14.1 Å². The fourth-order valence-corrected chi connectivity index (χ4v) is 1.90. The smallest absolute Gasteiger partial charge is 0.273 e. The summed E-state index contributed by atoms with van der Waals surface area (Å²) in [5, 5.41) is 10.8. The molecule has 106 valence electrons. The van der Waals surface area contributed by atoms with Crippen molar-refractivity contribution in [1.82, 2.24) is 0 Å². The number of ether oxygens (including phenoxy) is 1. The van der Waals surface area contributed by atoms with Crippen LogP contribution in [-0.4, -0.2) is 12.0 Å².